The second-order valence-corrected chi connectivity index (χ2v) is 7.13. The first-order valence-electron chi connectivity index (χ1n) is 8.14. The molecule has 3 rings (SSSR count). The lowest BCUT2D eigenvalue weighted by molar-refractivity contribution is 0.00630. The molecule has 0 unspecified atom stereocenters. The normalized spacial score (nSPS) is 30.4. The van der Waals surface area contributed by atoms with Crippen molar-refractivity contribution in [1.82, 2.24) is 0 Å². The maximum Gasteiger partial charge on any atom is 0.127 e. The Morgan fingerprint density at radius 1 is 1.48 bits per heavy atom. The molecule has 1 aliphatic carbocycles. The molecule has 0 aromatic heterocycles. The summed E-state index contributed by atoms with van der Waals surface area (Å²) in [7, 11) is 0. The molecule has 1 fully saturated rings. The molecule has 21 heavy (non-hydrogen) atoms. The van der Waals surface area contributed by atoms with Gasteiger partial charge in [0, 0.05) is 11.5 Å². The smallest absolute Gasteiger partial charge is 0.127 e. The van der Waals surface area contributed by atoms with E-state index >= 15 is 0 Å². The van der Waals surface area contributed by atoms with Crippen LogP contribution < -0.4 is 4.74 Å². The van der Waals surface area contributed by atoms with Gasteiger partial charge < -0.3 is 9.84 Å². The lowest BCUT2D eigenvalue weighted by Crippen LogP contribution is -2.44. The van der Waals surface area contributed by atoms with Gasteiger partial charge >= 0.3 is 0 Å². The van der Waals surface area contributed by atoms with Gasteiger partial charge in [0.2, 0.25) is 0 Å². The summed E-state index contributed by atoms with van der Waals surface area (Å²) in [5.74, 6) is 2.13. The molecule has 3 atom stereocenters. The molecular weight excluding hydrogens is 260 g/mol. The Bertz CT molecular complexity index is 575. The average molecular weight is 286 g/mol. The summed E-state index contributed by atoms with van der Waals surface area (Å²) >= 11 is 0. The van der Waals surface area contributed by atoms with Gasteiger partial charge in [-0.05, 0) is 63.1 Å². The van der Waals surface area contributed by atoms with Crippen LogP contribution in [0.1, 0.15) is 63.5 Å². The fourth-order valence-corrected chi connectivity index (χ4v) is 4.18. The number of phenols is 1. The van der Waals surface area contributed by atoms with Crippen molar-refractivity contribution >= 4 is 0 Å². The molecule has 0 spiro atoms. The predicted octanol–water partition coefficient (Wildman–Crippen LogP) is 4.96. The topological polar surface area (TPSA) is 29.5 Å². The predicted molar refractivity (Wildman–Crippen MR) is 86.0 cm³/mol. The fraction of sp³-hybridized carbons (Fsp3) is 0.579. The van der Waals surface area contributed by atoms with Crippen LogP contribution in [0.4, 0.5) is 0 Å². The monoisotopic (exact) mass is 286 g/mol. The van der Waals surface area contributed by atoms with Crippen molar-refractivity contribution in [3.05, 3.63) is 35.4 Å². The molecule has 1 aromatic carbocycles. The summed E-state index contributed by atoms with van der Waals surface area (Å²) < 4.78 is 6.30. The summed E-state index contributed by atoms with van der Waals surface area (Å²) in [6.45, 7) is 10.7. The second kappa shape index (κ2) is 5.08. The van der Waals surface area contributed by atoms with Gasteiger partial charge in [0.1, 0.15) is 17.1 Å². The number of hydrogen-bond acceptors (Lipinski definition) is 2. The van der Waals surface area contributed by atoms with Crippen LogP contribution in [0.3, 0.4) is 0 Å². The zero-order valence-electron chi connectivity index (χ0n) is 13.4. The molecule has 114 valence electrons. The molecule has 1 N–H and O–H groups in total. The summed E-state index contributed by atoms with van der Waals surface area (Å²) in [6.07, 6.45) is 5.21. The van der Waals surface area contributed by atoms with Crippen molar-refractivity contribution in [2.75, 3.05) is 0 Å². The van der Waals surface area contributed by atoms with Crippen LogP contribution in [0.15, 0.2) is 24.3 Å². The lowest BCUT2D eigenvalue weighted by Gasteiger charge is -2.48. The largest absolute Gasteiger partial charge is 0.508 e. The molecule has 0 radical (unpaired) electrons. The Hall–Kier alpha value is -1.44. The number of hydrogen-bond donors (Lipinski definition) is 1. The van der Waals surface area contributed by atoms with Crippen molar-refractivity contribution < 1.29 is 9.84 Å². The summed E-state index contributed by atoms with van der Waals surface area (Å²) in [4.78, 5) is 0. The van der Waals surface area contributed by atoms with Crippen LogP contribution in [0.2, 0.25) is 0 Å². The molecule has 2 aliphatic rings. The number of aromatic hydroxyl groups is 1. The molecule has 1 heterocycles. The van der Waals surface area contributed by atoms with Crippen molar-refractivity contribution in [1.29, 1.82) is 0 Å². The number of ether oxygens (including phenoxy) is 1. The average Bonchev–Trinajstić information content (AvgIpc) is 2.37. The number of fused-ring (bicyclic) bond motifs is 4. The van der Waals surface area contributed by atoms with Crippen LogP contribution in [-0.2, 0) is 6.42 Å². The molecule has 2 bridgehead atoms. The van der Waals surface area contributed by atoms with E-state index in [2.05, 4.69) is 33.4 Å². The van der Waals surface area contributed by atoms with Crippen molar-refractivity contribution in [3.63, 3.8) is 0 Å². The number of aryl methyl sites for hydroxylation is 1. The maximum atomic E-state index is 10.5. The highest BCUT2D eigenvalue weighted by atomic mass is 16.5. The van der Waals surface area contributed by atoms with Gasteiger partial charge in [-0.25, -0.2) is 0 Å². The van der Waals surface area contributed by atoms with Gasteiger partial charge in [-0.3, -0.25) is 0 Å². The van der Waals surface area contributed by atoms with Gasteiger partial charge in [0.15, 0.2) is 0 Å². The van der Waals surface area contributed by atoms with Crippen LogP contribution in [-0.4, -0.2) is 10.7 Å². The van der Waals surface area contributed by atoms with Gasteiger partial charge in [-0.1, -0.05) is 25.5 Å². The van der Waals surface area contributed by atoms with Gasteiger partial charge in [0.05, 0.1) is 0 Å². The first kappa shape index (κ1) is 14.5. The minimum absolute atomic E-state index is 0.0824. The van der Waals surface area contributed by atoms with Gasteiger partial charge in [0.25, 0.3) is 0 Å². The molecule has 2 heteroatoms. The highest BCUT2D eigenvalue weighted by molar-refractivity contribution is 5.52. The molecule has 1 saturated carbocycles. The van der Waals surface area contributed by atoms with Crippen molar-refractivity contribution in [2.24, 2.45) is 5.92 Å². The molecule has 0 amide bonds. The zero-order valence-corrected chi connectivity index (χ0v) is 13.4. The first-order chi connectivity index (χ1) is 9.93. The SMILES string of the molecule is C=C(C)[C@@H]1CC[C@]2(C)C[C@H]1c1c(O)cc(CCC)cc1O2. The van der Waals surface area contributed by atoms with E-state index in [9.17, 15) is 5.11 Å². The second-order valence-electron chi connectivity index (χ2n) is 7.13. The van der Waals surface area contributed by atoms with E-state index in [-0.39, 0.29) is 5.60 Å². The molecular formula is C19H26O2. The Labute approximate surface area is 127 Å². The van der Waals surface area contributed by atoms with E-state index < -0.39 is 0 Å². The highest BCUT2D eigenvalue weighted by Gasteiger charge is 2.46. The lowest BCUT2D eigenvalue weighted by atomic mass is 9.65. The number of rotatable bonds is 3. The summed E-state index contributed by atoms with van der Waals surface area (Å²) in [5, 5.41) is 10.5. The van der Waals surface area contributed by atoms with Crippen LogP contribution >= 0.6 is 0 Å². The van der Waals surface area contributed by atoms with Crippen molar-refractivity contribution in [2.45, 2.75) is 64.4 Å². The third-order valence-electron chi connectivity index (χ3n) is 5.20. The van der Waals surface area contributed by atoms with Crippen LogP contribution in [0, 0.1) is 5.92 Å². The third kappa shape index (κ3) is 2.45. The zero-order chi connectivity index (χ0) is 15.2. The molecule has 2 nitrogen and oxygen atoms in total. The van der Waals surface area contributed by atoms with E-state index in [4.69, 9.17) is 4.74 Å². The van der Waals surface area contributed by atoms with Crippen LogP contribution in [0.25, 0.3) is 0 Å². The number of benzene rings is 1. The highest BCUT2D eigenvalue weighted by Crippen LogP contribution is 2.55. The van der Waals surface area contributed by atoms with E-state index in [0.717, 1.165) is 43.4 Å². The van der Waals surface area contributed by atoms with Gasteiger partial charge in [-0.15, -0.1) is 0 Å². The van der Waals surface area contributed by atoms with E-state index in [1.165, 1.54) is 11.1 Å². The minimum Gasteiger partial charge on any atom is -0.508 e. The Morgan fingerprint density at radius 2 is 2.24 bits per heavy atom. The number of allylic oxidation sites excluding steroid dienone is 1. The standard InChI is InChI=1S/C19H26O2/c1-5-6-13-9-16(20)18-15-11-19(4,21-17(18)10-13)8-7-14(15)12(2)3/h9-10,14-15,20H,2,5-8,11H2,1,3-4H3/t14-,15+,19+/m0/s1. The van der Waals surface area contributed by atoms with Crippen LogP contribution in [0.5, 0.6) is 11.5 Å². The first-order valence-corrected chi connectivity index (χ1v) is 8.14. The Balaban J connectivity index is 2.09. The van der Waals surface area contributed by atoms with E-state index in [0.29, 0.717) is 17.6 Å². The minimum atomic E-state index is -0.0824. The summed E-state index contributed by atoms with van der Waals surface area (Å²) in [6, 6.07) is 4.07. The molecule has 0 saturated heterocycles. The Kier molecular flexibility index (Phi) is 3.51. The third-order valence-corrected chi connectivity index (χ3v) is 5.20. The number of phenolic OH excluding ortho intramolecular Hbond substituents is 1. The quantitative estimate of drug-likeness (QED) is 0.796. The fourth-order valence-electron chi connectivity index (χ4n) is 4.18. The van der Waals surface area contributed by atoms with Crippen molar-refractivity contribution in [3.8, 4) is 11.5 Å². The van der Waals surface area contributed by atoms with E-state index in [1.807, 2.05) is 6.07 Å². The van der Waals surface area contributed by atoms with Gasteiger partial charge in [-0.2, -0.15) is 0 Å². The maximum absolute atomic E-state index is 10.5. The Morgan fingerprint density at radius 3 is 2.90 bits per heavy atom. The van der Waals surface area contributed by atoms with E-state index in [1.54, 1.807) is 0 Å². The molecule has 1 aromatic rings. The molecule has 1 aliphatic heterocycles. The summed E-state index contributed by atoms with van der Waals surface area (Å²) in [5.41, 5.74) is 3.33.